The van der Waals surface area contributed by atoms with E-state index < -0.39 is 0 Å². The molecule has 8 aromatic rings. The Labute approximate surface area is 602 Å². The quantitative estimate of drug-likeness (QED) is 0.0551. The number of pyridine rings is 4. The van der Waals surface area contributed by atoms with Crippen molar-refractivity contribution in [1.82, 2.24) is 74.5 Å². The molecule has 0 amide bonds. The summed E-state index contributed by atoms with van der Waals surface area (Å²) in [5, 5.41) is 49.6. The van der Waals surface area contributed by atoms with Gasteiger partial charge in [0.2, 0.25) is 22.8 Å². The van der Waals surface area contributed by atoms with E-state index in [1.165, 1.54) is 56.9 Å². The van der Waals surface area contributed by atoms with Gasteiger partial charge in [-0.25, -0.2) is 39.9 Å². The van der Waals surface area contributed by atoms with Crippen LogP contribution in [-0.4, -0.2) is 186 Å². The number of anilines is 8. The summed E-state index contributed by atoms with van der Waals surface area (Å²) in [4.78, 5) is 75.2. The molecule has 8 aromatic heterocycles. The van der Waals surface area contributed by atoms with Crippen LogP contribution in [0.4, 0.5) is 69.3 Å². The Morgan fingerprint density at radius 3 is 1.21 bits per heavy atom. The standard InChI is InChI=1S/C19H21N7O.C19H20N6O.C18H19N7O.C17H19N7O/c1-26-6-2-3-13(11-26)12-27-19-15(8-20)22-10-18(25-19)24-17-7-14-4-5-21-16(14)9-23-17;20-9-15-19(26-12-13-4-2-1-3-5-13)25-18(11-22-15)24-17-8-14-6-7-21-16(14)10-23-17;1-25-6-2-3-13(11-25)26-18-14(8-19)21-10-17(24-18)23-16-7-12-4-5-20-15(12)9-22-16;1-11(10-24(2)3)25-17-13(7-18)20-9-16(23-17)22-15-6-12-4-5-19-14(12)8-21-15/h5,7,9-10,13H,2-4,6,11-12H2,1H3,(H,23,24,25);7-8,10-11,13H,1-6,12H2,(H,23,24,25);5,7,9-10,13H,2-4,6,11H2,1H3,(H,22,23,24);5-6,8-9,11H,4,10H2,1-3H3,(H,21,22,23). The molecule has 0 aromatic carbocycles. The first-order valence-corrected chi connectivity index (χ1v) is 34.6. The van der Waals surface area contributed by atoms with Crippen LogP contribution in [0, 0.1) is 57.2 Å². The van der Waals surface area contributed by atoms with E-state index in [0.29, 0.717) is 78.1 Å². The third kappa shape index (κ3) is 19.7. The van der Waals surface area contributed by atoms with Crippen molar-refractivity contribution >= 4 is 94.2 Å². The fraction of sp³-hybridized carbons (Fsp3) is 0.397. The van der Waals surface area contributed by atoms with E-state index in [1.54, 1.807) is 24.8 Å². The van der Waals surface area contributed by atoms with Crippen LogP contribution in [0.3, 0.4) is 0 Å². The van der Waals surface area contributed by atoms with E-state index in [2.05, 4.69) is 125 Å². The number of nitriles is 4. The Bertz CT molecular complexity index is 4670. The van der Waals surface area contributed by atoms with Crippen molar-refractivity contribution in [2.75, 3.05) is 95.4 Å². The lowest BCUT2D eigenvalue weighted by molar-refractivity contribution is 0.0994. The highest BCUT2D eigenvalue weighted by Gasteiger charge is 2.25. The van der Waals surface area contributed by atoms with Gasteiger partial charge in [-0.3, -0.25) is 20.0 Å². The third-order valence-electron chi connectivity index (χ3n) is 17.6. The minimum atomic E-state index is -0.123. The van der Waals surface area contributed by atoms with E-state index in [4.69, 9.17) is 18.9 Å². The van der Waals surface area contributed by atoms with Gasteiger partial charge in [0.15, 0.2) is 23.3 Å². The summed E-state index contributed by atoms with van der Waals surface area (Å²) in [7, 11) is 8.09. The number of likely N-dealkylation sites (tertiary alicyclic amines) is 2. The van der Waals surface area contributed by atoms with Crippen LogP contribution in [0.25, 0.3) is 0 Å². The van der Waals surface area contributed by atoms with Crippen LogP contribution in [0.2, 0.25) is 0 Å². The van der Waals surface area contributed by atoms with Gasteiger partial charge in [0, 0.05) is 76.1 Å². The van der Waals surface area contributed by atoms with Gasteiger partial charge in [0.25, 0.3) is 23.5 Å². The Balaban J connectivity index is 0.000000130. The smallest absolute Gasteiger partial charge is 0.253 e. The maximum atomic E-state index is 9.30. The van der Waals surface area contributed by atoms with E-state index in [1.807, 2.05) is 99.3 Å². The fourth-order valence-corrected chi connectivity index (χ4v) is 12.5. The molecular formula is C73H79N27O4. The molecule has 3 atom stereocenters. The minimum Gasteiger partial charge on any atom is -0.475 e. The molecule has 3 unspecified atom stereocenters. The Morgan fingerprint density at radius 1 is 0.442 bits per heavy atom. The number of nitrogens with one attached hydrogen (secondary N) is 4. The van der Waals surface area contributed by atoms with Crippen molar-refractivity contribution in [3.8, 4) is 47.8 Å². The van der Waals surface area contributed by atoms with E-state index in [-0.39, 0.29) is 58.5 Å². The average molecular weight is 1400 g/mol. The third-order valence-corrected chi connectivity index (χ3v) is 17.6. The van der Waals surface area contributed by atoms with Gasteiger partial charge in [-0.1, -0.05) is 19.3 Å². The number of hydrogen-bond donors (Lipinski definition) is 4. The van der Waals surface area contributed by atoms with Gasteiger partial charge in [-0.2, -0.15) is 41.0 Å². The number of fused-ring (bicyclic) bond motifs is 4. The van der Waals surface area contributed by atoms with Crippen molar-refractivity contribution in [3.63, 3.8) is 0 Å². The molecule has 0 bridgehead atoms. The van der Waals surface area contributed by atoms with Crippen molar-refractivity contribution in [2.24, 2.45) is 31.8 Å². The molecule has 31 heteroatoms. The van der Waals surface area contributed by atoms with Crippen LogP contribution in [0.1, 0.15) is 110 Å². The molecule has 0 radical (unpaired) electrons. The second-order valence-corrected chi connectivity index (χ2v) is 26.2. The molecule has 1 aliphatic carbocycles. The van der Waals surface area contributed by atoms with Crippen LogP contribution >= 0.6 is 0 Å². The van der Waals surface area contributed by atoms with E-state index in [0.717, 1.165) is 123 Å². The number of aromatic nitrogens is 12. The number of aliphatic imine (C=N–C) groups is 4. The monoisotopic (exact) mass is 1400 g/mol. The van der Waals surface area contributed by atoms with Crippen molar-refractivity contribution < 1.29 is 18.9 Å². The molecule has 2 saturated heterocycles. The first-order valence-electron chi connectivity index (χ1n) is 34.6. The normalized spacial score (nSPS) is 16.9. The first-order chi connectivity index (χ1) is 50.8. The summed E-state index contributed by atoms with van der Waals surface area (Å²) in [5.74, 6) is 6.62. The van der Waals surface area contributed by atoms with E-state index in [9.17, 15) is 21.0 Å². The van der Waals surface area contributed by atoms with Gasteiger partial charge in [0.1, 0.15) is 59.8 Å². The lowest BCUT2D eigenvalue weighted by Gasteiger charge is -2.29. The molecule has 31 nitrogen and oxygen atoms in total. The van der Waals surface area contributed by atoms with Crippen LogP contribution in [0.15, 0.2) is 93.8 Å². The van der Waals surface area contributed by atoms with E-state index >= 15 is 0 Å². The van der Waals surface area contributed by atoms with Crippen molar-refractivity contribution in [2.45, 2.75) is 103 Å². The zero-order valence-corrected chi connectivity index (χ0v) is 58.6. The predicted molar refractivity (Wildman–Crippen MR) is 392 cm³/mol. The maximum absolute atomic E-state index is 9.30. The van der Waals surface area contributed by atoms with Gasteiger partial charge >= 0.3 is 0 Å². The number of hydrogen-bond acceptors (Lipinski definition) is 31. The van der Waals surface area contributed by atoms with Crippen LogP contribution in [0.5, 0.6) is 23.5 Å². The molecule has 14 heterocycles. The zero-order valence-electron chi connectivity index (χ0n) is 58.6. The average Bonchev–Trinajstić information content (AvgIpc) is 1.39. The summed E-state index contributed by atoms with van der Waals surface area (Å²) >= 11 is 0. The molecule has 104 heavy (non-hydrogen) atoms. The number of rotatable bonds is 20. The fourth-order valence-electron chi connectivity index (χ4n) is 12.5. The Hall–Kier alpha value is -12.2. The second-order valence-electron chi connectivity index (χ2n) is 26.2. The van der Waals surface area contributed by atoms with Gasteiger partial charge in [-0.05, 0) is 139 Å². The number of piperidine rings is 2. The Kier molecular flexibility index (Phi) is 24.1. The molecule has 7 aliphatic rings. The minimum absolute atomic E-state index is 0.0145. The highest BCUT2D eigenvalue weighted by atomic mass is 16.5. The van der Waals surface area contributed by atoms with Crippen LogP contribution in [-0.2, 0) is 25.7 Å². The molecule has 530 valence electrons. The number of likely N-dealkylation sites (N-methyl/N-ethyl adjacent to an activating group) is 2. The first kappa shape index (κ1) is 71.7. The zero-order chi connectivity index (χ0) is 72.2. The summed E-state index contributed by atoms with van der Waals surface area (Å²) in [6, 6.07) is 15.9. The lowest BCUT2D eigenvalue weighted by Crippen LogP contribution is -2.38. The number of ether oxygens (including phenoxy) is 4. The SMILES string of the molecule is CC(CN(C)C)Oc1nc(Nc2cc3c(cn2)N=CC3)cnc1C#N.CN1CCCC(COc2nc(Nc3cc4c(cn3)N=CC4)cnc2C#N)C1.CN1CCCC(Oc2nc(Nc3cc4c(cn3)N=CC4)cnc2C#N)C1.N#Cc1ncc(Nc2cc3c(cn2)N=CC3)nc1OCC1CCCCC1. The summed E-state index contributed by atoms with van der Waals surface area (Å²) in [5.41, 5.74) is 8.80. The topological polar surface area (TPSA) is 394 Å². The highest BCUT2D eigenvalue weighted by Crippen LogP contribution is 2.33. The molecule has 1 saturated carbocycles. The summed E-state index contributed by atoms with van der Waals surface area (Å²) in [6.45, 7) is 7.74. The molecule has 6 aliphatic heterocycles. The molecular weight excluding hydrogens is 1320 g/mol. The largest absolute Gasteiger partial charge is 0.475 e. The van der Waals surface area contributed by atoms with Crippen LogP contribution < -0.4 is 40.2 Å². The van der Waals surface area contributed by atoms with Crippen molar-refractivity contribution in [1.29, 1.82) is 21.0 Å². The maximum Gasteiger partial charge on any atom is 0.253 e. The van der Waals surface area contributed by atoms with Crippen molar-refractivity contribution in [3.05, 3.63) is 119 Å². The summed E-state index contributed by atoms with van der Waals surface area (Å²) < 4.78 is 23.5. The lowest BCUT2D eigenvalue weighted by atomic mass is 9.90. The highest BCUT2D eigenvalue weighted by molar-refractivity contribution is 5.79. The molecule has 0 spiro atoms. The molecule has 4 N–H and O–H groups in total. The molecule has 3 fully saturated rings. The Morgan fingerprint density at radius 2 is 0.808 bits per heavy atom. The second kappa shape index (κ2) is 34.9. The van der Waals surface area contributed by atoms with Gasteiger partial charge in [-0.15, -0.1) is 0 Å². The predicted octanol–water partition coefficient (Wildman–Crippen LogP) is 10.5. The summed E-state index contributed by atoms with van der Waals surface area (Å²) in [6.07, 6.45) is 34.0. The van der Waals surface area contributed by atoms with Gasteiger partial charge in [0.05, 0.1) is 85.5 Å². The van der Waals surface area contributed by atoms with Gasteiger partial charge < -0.3 is 54.9 Å². The molecule has 15 rings (SSSR count). The number of nitrogens with zero attached hydrogens (tertiary/aromatic N) is 23.